The lowest BCUT2D eigenvalue weighted by Gasteiger charge is -2.11. The zero-order chi connectivity index (χ0) is 14.5. The third-order valence-electron chi connectivity index (χ3n) is 3.42. The summed E-state index contributed by atoms with van der Waals surface area (Å²) in [4.78, 5) is 20.1. The fraction of sp³-hybridized carbons (Fsp3) is 0.429. The summed E-state index contributed by atoms with van der Waals surface area (Å²) in [7, 11) is 0. The molecule has 3 rings (SSSR count). The van der Waals surface area contributed by atoms with Gasteiger partial charge in [0.2, 0.25) is 5.91 Å². The first kappa shape index (κ1) is 13.7. The standard InChI is InChI=1S/C14H17N5O2/c20-13(7-12-4-2-6-21-12)17-8-11-3-1-5-16-14(11)19-10-15-9-18-19/h1,3,5,9-10,12H,2,4,6-8H2,(H,17,20)/t12-/m1/s1. The van der Waals surface area contributed by atoms with Crippen molar-refractivity contribution in [2.75, 3.05) is 6.61 Å². The molecule has 0 bridgehead atoms. The van der Waals surface area contributed by atoms with E-state index >= 15 is 0 Å². The minimum Gasteiger partial charge on any atom is -0.378 e. The average Bonchev–Trinajstić information content (AvgIpc) is 3.18. The van der Waals surface area contributed by atoms with E-state index in [0.29, 0.717) is 18.8 Å². The van der Waals surface area contributed by atoms with Gasteiger partial charge in [-0.2, -0.15) is 5.10 Å². The first-order chi connectivity index (χ1) is 10.3. The van der Waals surface area contributed by atoms with E-state index in [-0.39, 0.29) is 12.0 Å². The lowest BCUT2D eigenvalue weighted by atomic mass is 10.1. The Morgan fingerprint density at radius 3 is 3.24 bits per heavy atom. The second-order valence-electron chi connectivity index (χ2n) is 4.94. The van der Waals surface area contributed by atoms with Crippen LogP contribution in [-0.2, 0) is 16.1 Å². The third kappa shape index (κ3) is 3.43. The largest absolute Gasteiger partial charge is 0.378 e. The summed E-state index contributed by atoms with van der Waals surface area (Å²) in [6, 6.07) is 3.75. The van der Waals surface area contributed by atoms with Gasteiger partial charge in [-0.25, -0.2) is 14.6 Å². The van der Waals surface area contributed by atoms with E-state index < -0.39 is 0 Å². The van der Waals surface area contributed by atoms with Crippen LogP contribution < -0.4 is 5.32 Å². The second kappa shape index (κ2) is 6.45. The fourth-order valence-corrected chi connectivity index (χ4v) is 2.37. The Kier molecular flexibility index (Phi) is 4.20. The topological polar surface area (TPSA) is 81.9 Å². The van der Waals surface area contributed by atoms with E-state index in [1.807, 2.05) is 12.1 Å². The van der Waals surface area contributed by atoms with Crippen molar-refractivity contribution in [2.24, 2.45) is 0 Å². The zero-order valence-corrected chi connectivity index (χ0v) is 11.6. The minimum absolute atomic E-state index is 0.00436. The first-order valence-electron chi connectivity index (χ1n) is 7.00. The van der Waals surface area contributed by atoms with Crippen LogP contribution >= 0.6 is 0 Å². The number of hydrogen-bond acceptors (Lipinski definition) is 5. The van der Waals surface area contributed by atoms with E-state index in [9.17, 15) is 4.79 Å². The number of carbonyl (C=O) groups excluding carboxylic acids is 1. The molecule has 0 aliphatic carbocycles. The number of nitrogens with zero attached hydrogens (tertiary/aromatic N) is 4. The zero-order valence-electron chi connectivity index (χ0n) is 11.6. The maximum atomic E-state index is 11.9. The summed E-state index contributed by atoms with van der Waals surface area (Å²) in [6.45, 7) is 1.17. The fourth-order valence-electron chi connectivity index (χ4n) is 2.37. The molecular weight excluding hydrogens is 270 g/mol. The van der Waals surface area contributed by atoms with Crippen LogP contribution in [0.15, 0.2) is 31.0 Å². The van der Waals surface area contributed by atoms with Crippen molar-refractivity contribution in [1.29, 1.82) is 0 Å². The highest BCUT2D eigenvalue weighted by molar-refractivity contribution is 5.76. The number of amides is 1. The van der Waals surface area contributed by atoms with Crippen LogP contribution in [0.3, 0.4) is 0 Å². The van der Waals surface area contributed by atoms with Gasteiger partial charge in [-0.3, -0.25) is 4.79 Å². The number of rotatable bonds is 5. The molecule has 7 nitrogen and oxygen atoms in total. The quantitative estimate of drug-likeness (QED) is 0.881. The predicted molar refractivity (Wildman–Crippen MR) is 74.6 cm³/mol. The van der Waals surface area contributed by atoms with Gasteiger partial charge in [0.05, 0.1) is 12.5 Å². The van der Waals surface area contributed by atoms with Crippen LogP contribution in [-0.4, -0.2) is 38.4 Å². The van der Waals surface area contributed by atoms with Crippen LogP contribution in [0.4, 0.5) is 0 Å². The number of ether oxygens (including phenoxy) is 1. The maximum Gasteiger partial charge on any atom is 0.222 e. The van der Waals surface area contributed by atoms with Crippen molar-refractivity contribution >= 4 is 5.91 Å². The highest BCUT2D eigenvalue weighted by atomic mass is 16.5. The summed E-state index contributed by atoms with van der Waals surface area (Å²) in [6.07, 6.45) is 7.21. The van der Waals surface area contributed by atoms with E-state index in [1.54, 1.807) is 17.2 Å². The van der Waals surface area contributed by atoms with E-state index in [0.717, 1.165) is 25.0 Å². The number of pyridine rings is 1. The number of nitrogens with one attached hydrogen (secondary N) is 1. The molecule has 1 fully saturated rings. The Labute approximate surface area is 122 Å². The van der Waals surface area contributed by atoms with Gasteiger partial charge in [0.25, 0.3) is 0 Å². The van der Waals surface area contributed by atoms with Gasteiger partial charge in [0.15, 0.2) is 5.82 Å². The lowest BCUT2D eigenvalue weighted by molar-refractivity contribution is -0.123. The molecule has 21 heavy (non-hydrogen) atoms. The van der Waals surface area contributed by atoms with Gasteiger partial charge in [-0.05, 0) is 18.9 Å². The monoisotopic (exact) mass is 287 g/mol. The molecule has 1 amide bonds. The van der Waals surface area contributed by atoms with Gasteiger partial charge >= 0.3 is 0 Å². The molecule has 0 spiro atoms. The minimum atomic E-state index is -0.00436. The Morgan fingerprint density at radius 1 is 1.52 bits per heavy atom. The summed E-state index contributed by atoms with van der Waals surface area (Å²) in [5.74, 6) is 0.669. The van der Waals surface area contributed by atoms with Crippen molar-refractivity contribution in [3.8, 4) is 5.82 Å². The van der Waals surface area contributed by atoms with Crippen molar-refractivity contribution in [1.82, 2.24) is 25.1 Å². The normalized spacial score (nSPS) is 17.8. The molecule has 3 heterocycles. The second-order valence-corrected chi connectivity index (χ2v) is 4.94. The van der Waals surface area contributed by atoms with Crippen LogP contribution in [0.25, 0.3) is 5.82 Å². The highest BCUT2D eigenvalue weighted by Crippen LogP contribution is 2.15. The van der Waals surface area contributed by atoms with Gasteiger partial charge in [-0.15, -0.1) is 0 Å². The van der Waals surface area contributed by atoms with E-state index in [1.165, 1.54) is 6.33 Å². The van der Waals surface area contributed by atoms with Crippen LogP contribution in [0, 0.1) is 0 Å². The first-order valence-corrected chi connectivity index (χ1v) is 7.00. The van der Waals surface area contributed by atoms with Gasteiger partial charge < -0.3 is 10.1 Å². The summed E-state index contributed by atoms with van der Waals surface area (Å²) in [5, 5.41) is 6.98. The van der Waals surface area contributed by atoms with E-state index in [2.05, 4.69) is 20.4 Å². The highest BCUT2D eigenvalue weighted by Gasteiger charge is 2.19. The van der Waals surface area contributed by atoms with Crippen molar-refractivity contribution in [2.45, 2.75) is 31.9 Å². The Morgan fingerprint density at radius 2 is 2.48 bits per heavy atom. The lowest BCUT2D eigenvalue weighted by Crippen LogP contribution is -2.27. The maximum absolute atomic E-state index is 11.9. The number of aromatic nitrogens is 4. The van der Waals surface area contributed by atoms with Crippen molar-refractivity contribution < 1.29 is 9.53 Å². The Balaban J connectivity index is 1.61. The molecule has 110 valence electrons. The smallest absolute Gasteiger partial charge is 0.222 e. The molecule has 1 aliphatic heterocycles. The summed E-state index contributed by atoms with van der Waals surface area (Å²) in [5.41, 5.74) is 0.892. The van der Waals surface area contributed by atoms with E-state index in [4.69, 9.17) is 4.74 Å². The summed E-state index contributed by atoms with van der Waals surface area (Å²) >= 11 is 0. The molecule has 1 saturated heterocycles. The molecule has 1 N–H and O–H groups in total. The SMILES string of the molecule is O=C(C[C@H]1CCCO1)NCc1cccnc1-n1cncn1. The van der Waals surface area contributed by atoms with Crippen LogP contribution in [0.5, 0.6) is 0 Å². The molecular formula is C14H17N5O2. The third-order valence-corrected chi connectivity index (χ3v) is 3.42. The van der Waals surface area contributed by atoms with Crippen LogP contribution in [0.1, 0.15) is 24.8 Å². The predicted octanol–water partition coefficient (Wildman–Crippen LogP) is 0.848. The average molecular weight is 287 g/mol. The van der Waals surface area contributed by atoms with Gasteiger partial charge in [0.1, 0.15) is 12.7 Å². The van der Waals surface area contributed by atoms with Crippen LogP contribution in [0.2, 0.25) is 0 Å². The molecule has 0 unspecified atom stereocenters. The molecule has 0 aromatic carbocycles. The molecule has 1 aliphatic rings. The number of hydrogen-bond donors (Lipinski definition) is 1. The Bertz CT molecular complexity index is 593. The molecule has 0 radical (unpaired) electrons. The number of carbonyl (C=O) groups is 1. The molecule has 2 aromatic heterocycles. The molecule has 1 atom stereocenters. The van der Waals surface area contributed by atoms with Gasteiger partial charge in [-0.1, -0.05) is 6.07 Å². The molecule has 0 saturated carbocycles. The Hall–Kier alpha value is -2.28. The molecule has 2 aromatic rings. The molecule has 7 heteroatoms. The van der Waals surface area contributed by atoms with Crippen molar-refractivity contribution in [3.63, 3.8) is 0 Å². The van der Waals surface area contributed by atoms with Crippen molar-refractivity contribution in [3.05, 3.63) is 36.5 Å². The van der Waals surface area contributed by atoms with Gasteiger partial charge in [0, 0.05) is 24.9 Å². The summed E-state index contributed by atoms with van der Waals surface area (Å²) < 4.78 is 7.05.